The summed E-state index contributed by atoms with van der Waals surface area (Å²) in [6, 6.07) is 1.39. The number of hydrogen-bond acceptors (Lipinski definition) is 4. The Morgan fingerprint density at radius 1 is 0.862 bits per heavy atom. The first kappa shape index (κ1) is 23.1. The highest BCUT2D eigenvalue weighted by molar-refractivity contribution is 5.69. The van der Waals surface area contributed by atoms with E-state index in [-0.39, 0.29) is 23.2 Å². The highest BCUT2D eigenvalue weighted by atomic mass is 16.5. The van der Waals surface area contributed by atoms with E-state index in [0.29, 0.717) is 18.5 Å². The van der Waals surface area contributed by atoms with Crippen LogP contribution in [0.1, 0.15) is 111 Å². The molecule has 0 unspecified atom stereocenters. The van der Waals surface area contributed by atoms with Gasteiger partial charge in [-0.05, 0) is 60.4 Å². The van der Waals surface area contributed by atoms with Crippen LogP contribution in [0.4, 0.5) is 0 Å². The number of rotatable bonds is 6. The van der Waals surface area contributed by atoms with E-state index in [4.69, 9.17) is 4.74 Å². The fourth-order valence-electron chi connectivity index (χ4n) is 6.32. The standard InChI is InChI=1S/C25H46N2O2/c1-24(2)18-22(19-25(3,4)26(24)5)29-23(28)16-17-27(20-12-8-6-9-13-20)21-14-10-7-11-15-21/h20-22H,6-19H2,1-5H3. The van der Waals surface area contributed by atoms with Crippen molar-refractivity contribution in [2.24, 2.45) is 0 Å². The lowest BCUT2D eigenvalue weighted by molar-refractivity contribution is -0.159. The summed E-state index contributed by atoms with van der Waals surface area (Å²) in [5, 5.41) is 0. The SMILES string of the molecule is CN1C(C)(C)CC(OC(=O)CCN(C2CCCCC2)C2CCCCC2)CC1(C)C. The van der Waals surface area contributed by atoms with Crippen LogP contribution in [0.5, 0.6) is 0 Å². The molecular weight excluding hydrogens is 360 g/mol. The third-order valence-electron chi connectivity index (χ3n) is 8.23. The normalized spacial score (nSPS) is 27.2. The Kier molecular flexibility index (Phi) is 7.70. The zero-order valence-electron chi connectivity index (χ0n) is 19.8. The van der Waals surface area contributed by atoms with Gasteiger partial charge >= 0.3 is 5.97 Å². The van der Waals surface area contributed by atoms with Crippen molar-refractivity contribution in [2.75, 3.05) is 13.6 Å². The Balaban J connectivity index is 1.55. The molecule has 4 nitrogen and oxygen atoms in total. The fraction of sp³-hybridized carbons (Fsp3) is 0.960. The number of carbonyl (C=O) groups is 1. The minimum absolute atomic E-state index is 0.0165. The molecule has 0 spiro atoms. The molecule has 0 N–H and O–H groups in total. The highest BCUT2D eigenvalue weighted by Gasteiger charge is 2.44. The van der Waals surface area contributed by atoms with Crippen molar-refractivity contribution in [2.45, 2.75) is 140 Å². The molecule has 0 aromatic rings. The van der Waals surface area contributed by atoms with E-state index in [1.165, 1.54) is 64.2 Å². The van der Waals surface area contributed by atoms with Crippen LogP contribution < -0.4 is 0 Å². The van der Waals surface area contributed by atoms with Crippen molar-refractivity contribution in [3.63, 3.8) is 0 Å². The fourth-order valence-corrected chi connectivity index (χ4v) is 6.32. The Morgan fingerprint density at radius 2 is 1.31 bits per heavy atom. The molecule has 0 aromatic heterocycles. The van der Waals surface area contributed by atoms with Gasteiger partial charge in [-0.15, -0.1) is 0 Å². The number of ether oxygens (including phenoxy) is 1. The molecule has 168 valence electrons. The number of likely N-dealkylation sites (tertiary alicyclic amines) is 1. The lowest BCUT2D eigenvalue weighted by Crippen LogP contribution is -2.60. The van der Waals surface area contributed by atoms with Crippen LogP contribution in [0.3, 0.4) is 0 Å². The maximum Gasteiger partial charge on any atom is 0.307 e. The van der Waals surface area contributed by atoms with E-state index >= 15 is 0 Å². The van der Waals surface area contributed by atoms with Gasteiger partial charge in [-0.3, -0.25) is 14.6 Å². The van der Waals surface area contributed by atoms with Crippen LogP contribution in [-0.4, -0.2) is 58.6 Å². The summed E-state index contributed by atoms with van der Waals surface area (Å²) in [7, 11) is 2.20. The Hall–Kier alpha value is -0.610. The molecule has 1 heterocycles. The lowest BCUT2D eigenvalue weighted by Gasteiger charge is -2.53. The van der Waals surface area contributed by atoms with Crippen LogP contribution in [0.2, 0.25) is 0 Å². The van der Waals surface area contributed by atoms with Crippen molar-refractivity contribution in [3.8, 4) is 0 Å². The second-order valence-corrected chi connectivity index (χ2v) is 11.3. The van der Waals surface area contributed by atoms with Gasteiger partial charge in [0.05, 0.1) is 6.42 Å². The largest absolute Gasteiger partial charge is 0.462 e. The average Bonchev–Trinajstić information content (AvgIpc) is 2.67. The molecule has 4 heteroatoms. The van der Waals surface area contributed by atoms with E-state index in [1.54, 1.807) is 0 Å². The number of piperidine rings is 1. The quantitative estimate of drug-likeness (QED) is 0.542. The van der Waals surface area contributed by atoms with Crippen molar-refractivity contribution in [3.05, 3.63) is 0 Å². The summed E-state index contributed by atoms with van der Waals surface area (Å²) >= 11 is 0. The van der Waals surface area contributed by atoms with Crippen molar-refractivity contribution in [1.29, 1.82) is 0 Å². The first-order chi connectivity index (χ1) is 13.7. The lowest BCUT2D eigenvalue weighted by atomic mass is 9.79. The summed E-state index contributed by atoms with van der Waals surface area (Å²) in [4.78, 5) is 18.0. The van der Waals surface area contributed by atoms with Gasteiger partial charge in [0.2, 0.25) is 0 Å². The second kappa shape index (κ2) is 9.68. The monoisotopic (exact) mass is 406 g/mol. The van der Waals surface area contributed by atoms with Crippen LogP contribution >= 0.6 is 0 Å². The molecule has 3 aliphatic rings. The van der Waals surface area contributed by atoms with E-state index < -0.39 is 0 Å². The molecule has 0 bridgehead atoms. The zero-order chi connectivity index (χ0) is 21.1. The smallest absolute Gasteiger partial charge is 0.307 e. The molecule has 2 aliphatic carbocycles. The Morgan fingerprint density at radius 3 is 1.76 bits per heavy atom. The van der Waals surface area contributed by atoms with Gasteiger partial charge in [-0.25, -0.2) is 0 Å². The summed E-state index contributed by atoms with van der Waals surface area (Å²) < 4.78 is 6.04. The number of hydrogen-bond donors (Lipinski definition) is 0. The van der Waals surface area contributed by atoms with Crippen LogP contribution in [-0.2, 0) is 9.53 Å². The van der Waals surface area contributed by atoms with E-state index in [1.807, 2.05) is 0 Å². The van der Waals surface area contributed by atoms with Gasteiger partial charge in [0.25, 0.3) is 0 Å². The Bertz CT molecular complexity index is 497. The summed E-state index contributed by atoms with van der Waals surface area (Å²) in [6.07, 6.45) is 15.9. The molecule has 0 aromatic carbocycles. The van der Waals surface area contributed by atoms with Crippen molar-refractivity contribution >= 4 is 5.97 Å². The van der Waals surface area contributed by atoms with E-state index in [9.17, 15) is 4.79 Å². The van der Waals surface area contributed by atoms with Crippen molar-refractivity contribution < 1.29 is 9.53 Å². The topological polar surface area (TPSA) is 32.8 Å². The highest BCUT2D eigenvalue weighted by Crippen LogP contribution is 2.38. The molecular formula is C25H46N2O2. The number of esters is 1. The maximum absolute atomic E-state index is 12.8. The predicted molar refractivity (Wildman–Crippen MR) is 120 cm³/mol. The summed E-state index contributed by atoms with van der Waals surface area (Å²) in [5.41, 5.74) is 0.117. The second-order valence-electron chi connectivity index (χ2n) is 11.3. The summed E-state index contributed by atoms with van der Waals surface area (Å²) in [6.45, 7) is 9.96. The third-order valence-corrected chi connectivity index (χ3v) is 8.23. The average molecular weight is 407 g/mol. The van der Waals surface area contributed by atoms with Crippen LogP contribution in [0.15, 0.2) is 0 Å². The number of carbonyl (C=O) groups excluding carboxylic acids is 1. The van der Waals surface area contributed by atoms with Gasteiger partial charge < -0.3 is 4.74 Å². The van der Waals surface area contributed by atoms with Gasteiger partial charge in [-0.2, -0.15) is 0 Å². The molecule has 0 atom stereocenters. The first-order valence-electron chi connectivity index (χ1n) is 12.4. The molecule has 1 aliphatic heterocycles. The van der Waals surface area contributed by atoms with Gasteiger partial charge in [-0.1, -0.05) is 38.5 Å². The predicted octanol–water partition coefficient (Wildman–Crippen LogP) is 5.54. The van der Waals surface area contributed by atoms with Gasteiger partial charge in [0.1, 0.15) is 6.10 Å². The first-order valence-corrected chi connectivity index (χ1v) is 12.4. The summed E-state index contributed by atoms with van der Waals surface area (Å²) in [5.74, 6) is 0.0165. The minimum atomic E-state index is 0.0165. The minimum Gasteiger partial charge on any atom is -0.462 e. The number of nitrogens with zero attached hydrogens (tertiary/aromatic N) is 2. The molecule has 2 saturated carbocycles. The van der Waals surface area contributed by atoms with E-state index in [2.05, 4.69) is 44.5 Å². The molecule has 3 rings (SSSR count). The van der Waals surface area contributed by atoms with Gasteiger partial charge in [0, 0.05) is 42.5 Å². The zero-order valence-corrected chi connectivity index (χ0v) is 19.8. The van der Waals surface area contributed by atoms with Gasteiger partial charge in [0.15, 0.2) is 0 Å². The third kappa shape index (κ3) is 5.97. The maximum atomic E-state index is 12.8. The molecule has 0 radical (unpaired) electrons. The van der Waals surface area contributed by atoms with Crippen LogP contribution in [0, 0.1) is 0 Å². The molecule has 3 fully saturated rings. The molecule has 29 heavy (non-hydrogen) atoms. The van der Waals surface area contributed by atoms with E-state index in [0.717, 1.165) is 19.4 Å². The molecule has 0 amide bonds. The Labute approximate surface area is 179 Å². The van der Waals surface area contributed by atoms with Crippen LogP contribution in [0.25, 0.3) is 0 Å². The molecule has 1 saturated heterocycles. The van der Waals surface area contributed by atoms with Crippen molar-refractivity contribution in [1.82, 2.24) is 9.80 Å².